The van der Waals surface area contributed by atoms with E-state index in [2.05, 4.69) is 12.2 Å². The highest BCUT2D eigenvalue weighted by Gasteiger charge is 2.38. The number of unbranched alkanes of at least 4 members (excludes halogenated alkanes) is 2. The van der Waals surface area contributed by atoms with E-state index in [1.807, 2.05) is 32.0 Å². The van der Waals surface area contributed by atoms with Crippen molar-refractivity contribution in [2.75, 3.05) is 5.32 Å². The molecule has 1 aromatic rings. The number of hydrogen-bond acceptors (Lipinski definition) is 2. The van der Waals surface area contributed by atoms with E-state index in [-0.39, 0.29) is 11.7 Å². The number of carbonyl (C=O) groups excluding carboxylic acids is 2. The van der Waals surface area contributed by atoms with Crippen LogP contribution in [-0.2, 0) is 10.2 Å². The van der Waals surface area contributed by atoms with Gasteiger partial charge in [0.2, 0.25) is 5.91 Å². The molecule has 0 fully saturated rings. The monoisotopic (exact) mass is 259 g/mol. The molecule has 0 saturated heterocycles. The Morgan fingerprint density at radius 3 is 2.68 bits per heavy atom. The summed E-state index contributed by atoms with van der Waals surface area (Å²) in [5.74, 6) is 0.171. The van der Waals surface area contributed by atoms with E-state index in [1.54, 1.807) is 0 Å². The molecule has 102 valence electrons. The molecule has 0 atom stereocenters. The number of carbonyl (C=O) groups is 2. The Balaban J connectivity index is 2.20. The van der Waals surface area contributed by atoms with Gasteiger partial charge in [-0.05, 0) is 44.0 Å². The molecule has 0 unspecified atom stereocenters. The largest absolute Gasteiger partial charge is 0.325 e. The second kappa shape index (κ2) is 5.16. The molecule has 3 heteroatoms. The van der Waals surface area contributed by atoms with Gasteiger partial charge in [-0.15, -0.1) is 0 Å². The second-order valence-electron chi connectivity index (χ2n) is 5.72. The van der Waals surface area contributed by atoms with Crippen LogP contribution in [-0.4, -0.2) is 11.7 Å². The minimum Gasteiger partial charge on any atom is -0.325 e. The average Bonchev–Trinajstić information content (AvgIpc) is 2.60. The van der Waals surface area contributed by atoms with Crippen molar-refractivity contribution in [3.63, 3.8) is 0 Å². The van der Waals surface area contributed by atoms with E-state index >= 15 is 0 Å². The van der Waals surface area contributed by atoms with Gasteiger partial charge in [0.25, 0.3) is 0 Å². The highest BCUT2D eigenvalue weighted by Crippen LogP contribution is 2.37. The quantitative estimate of drug-likeness (QED) is 0.647. The van der Waals surface area contributed by atoms with Crippen LogP contribution in [0.1, 0.15) is 62.4 Å². The molecule has 1 heterocycles. The highest BCUT2D eigenvalue weighted by atomic mass is 16.2. The Kier molecular flexibility index (Phi) is 3.74. The standard InChI is InChI=1S/C16H21NO2/c1-4-5-6-7-14(18)11-8-9-13-12(10-11)16(2,3)15(19)17-13/h8-10H,4-7H2,1-3H3,(H,17,19). The van der Waals surface area contributed by atoms with Gasteiger partial charge in [-0.1, -0.05) is 19.8 Å². The molecule has 0 radical (unpaired) electrons. The van der Waals surface area contributed by atoms with Crippen molar-refractivity contribution in [3.05, 3.63) is 29.3 Å². The van der Waals surface area contributed by atoms with E-state index in [0.29, 0.717) is 6.42 Å². The van der Waals surface area contributed by atoms with Crippen molar-refractivity contribution in [2.24, 2.45) is 0 Å². The lowest BCUT2D eigenvalue weighted by Gasteiger charge is -2.15. The van der Waals surface area contributed by atoms with Gasteiger partial charge in [0, 0.05) is 17.7 Å². The topological polar surface area (TPSA) is 46.2 Å². The van der Waals surface area contributed by atoms with E-state index in [0.717, 1.165) is 36.1 Å². The first kappa shape index (κ1) is 13.8. The summed E-state index contributed by atoms with van der Waals surface area (Å²) >= 11 is 0. The number of ketones is 1. The van der Waals surface area contributed by atoms with Gasteiger partial charge in [-0.2, -0.15) is 0 Å². The third kappa shape index (κ3) is 2.55. The number of hydrogen-bond donors (Lipinski definition) is 1. The van der Waals surface area contributed by atoms with Crippen molar-refractivity contribution in [3.8, 4) is 0 Å². The van der Waals surface area contributed by atoms with Gasteiger partial charge in [0.05, 0.1) is 5.41 Å². The maximum absolute atomic E-state index is 12.1. The molecule has 0 bridgehead atoms. The number of Topliss-reactive ketones (excluding diaryl/α,β-unsaturated/α-hetero) is 1. The van der Waals surface area contributed by atoms with E-state index in [4.69, 9.17) is 0 Å². The molecule has 0 saturated carbocycles. The van der Waals surface area contributed by atoms with Gasteiger partial charge in [-0.25, -0.2) is 0 Å². The predicted octanol–water partition coefficient (Wildman–Crippen LogP) is 3.68. The molecule has 2 rings (SSSR count). The summed E-state index contributed by atoms with van der Waals surface area (Å²) in [6, 6.07) is 5.53. The van der Waals surface area contributed by atoms with E-state index in [1.165, 1.54) is 0 Å². The lowest BCUT2D eigenvalue weighted by atomic mass is 9.85. The normalized spacial score (nSPS) is 16.1. The first-order chi connectivity index (χ1) is 8.96. The first-order valence-corrected chi connectivity index (χ1v) is 6.96. The van der Waals surface area contributed by atoms with Crippen molar-refractivity contribution >= 4 is 17.4 Å². The summed E-state index contributed by atoms with van der Waals surface area (Å²) in [7, 11) is 0. The maximum Gasteiger partial charge on any atom is 0.234 e. The van der Waals surface area contributed by atoms with Gasteiger partial charge in [0.15, 0.2) is 5.78 Å². The van der Waals surface area contributed by atoms with E-state index < -0.39 is 5.41 Å². The number of nitrogens with one attached hydrogen (secondary N) is 1. The molecule has 0 aliphatic carbocycles. The van der Waals surface area contributed by atoms with Crippen LogP contribution >= 0.6 is 0 Å². The van der Waals surface area contributed by atoms with Gasteiger partial charge in [0.1, 0.15) is 0 Å². The molecule has 1 N–H and O–H groups in total. The molecule has 3 nitrogen and oxygen atoms in total. The number of amides is 1. The molecule has 1 aliphatic rings. The summed E-state index contributed by atoms with van der Waals surface area (Å²) in [6.07, 6.45) is 3.73. The third-order valence-electron chi connectivity index (χ3n) is 3.84. The molecular formula is C16H21NO2. The minimum absolute atomic E-state index is 0.00178. The number of benzene rings is 1. The van der Waals surface area contributed by atoms with Crippen LogP contribution in [0.5, 0.6) is 0 Å². The fourth-order valence-corrected chi connectivity index (χ4v) is 2.42. The van der Waals surface area contributed by atoms with Crippen LogP contribution in [0.4, 0.5) is 5.69 Å². The van der Waals surface area contributed by atoms with Gasteiger partial charge < -0.3 is 5.32 Å². The second-order valence-corrected chi connectivity index (χ2v) is 5.72. The summed E-state index contributed by atoms with van der Waals surface area (Å²) in [6.45, 7) is 5.90. The van der Waals surface area contributed by atoms with Crippen LogP contribution in [0.25, 0.3) is 0 Å². The Morgan fingerprint density at radius 1 is 1.26 bits per heavy atom. The van der Waals surface area contributed by atoms with Crippen LogP contribution < -0.4 is 5.32 Å². The zero-order valence-electron chi connectivity index (χ0n) is 11.9. The molecular weight excluding hydrogens is 238 g/mol. The van der Waals surface area contributed by atoms with Crippen molar-refractivity contribution < 1.29 is 9.59 Å². The third-order valence-corrected chi connectivity index (χ3v) is 3.84. The lowest BCUT2D eigenvalue weighted by molar-refractivity contribution is -0.119. The number of fused-ring (bicyclic) bond motifs is 1. The number of rotatable bonds is 5. The SMILES string of the molecule is CCCCCC(=O)c1ccc2c(c1)C(C)(C)C(=O)N2. The Bertz CT molecular complexity index is 517. The Hall–Kier alpha value is -1.64. The highest BCUT2D eigenvalue weighted by molar-refractivity contribution is 6.07. The van der Waals surface area contributed by atoms with Crippen molar-refractivity contribution in [1.82, 2.24) is 0 Å². The van der Waals surface area contributed by atoms with Gasteiger partial charge >= 0.3 is 0 Å². The van der Waals surface area contributed by atoms with Crippen molar-refractivity contribution in [1.29, 1.82) is 0 Å². The minimum atomic E-state index is -0.547. The summed E-state index contributed by atoms with van der Waals surface area (Å²) < 4.78 is 0. The van der Waals surface area contributed by atoms with E-state index in [9.17, 15) is 9.59 Å². The van der Waals surface area contributed by atoms with Crippen LogP contribution in [0.15, 0.2) is 18.2 Å². The fraction of sp³-hybridized carbons (Fsp3) is 0.500. The molecule has 1 aromatic carbocycles. The Morgan fingerprint density at radius 2 is 2.00 bits per heavy atom. The van der Waals surface area contributed by atoms with Crippen molar-refractivity contribution in [2.45, 2.75) is 51.9 Å². The first-order valence-electron chi connectivity index (χ1n) is 6.96. The molecule has 0 spiro atoms. The molecule has 0 aromatic heterocycles. The van der Waals surface area contributed by atoms with Crippen LogP contribution in [0, 0.1) is 0 Å². The smallest absolute Gasteiger partial charge is 0.234 e. The number of anilines is 1. The summed E-state index contributed by atoms with van der Waals surface area (Å²) in [4.78, 5) is 24.0. The molecule has 1 amide bonds. The predicted molar refractivity (Wildman–Crippen MR) is 76.6 cm³/mol. The summed E-state index contributed by atoms with van der Waals surface area (Å²) in [5.41, 5.74) is 1.94. The Labute approximate surface area is 114 Å². The molecule has 1 aliphatic heterocycles. The summed E-state index contributed by atoms with van der Waals surface area (Å²) in [5, 5.41) is 2.86. The van der Waals surface area contributed by atoms with Crippen LogP contribution in [0.3, 0.4) is 0 Å². The maximum atomic E-state index is 12.1. The molecule has 19 heavy (non-hydrogen) atoms. The lowest BCUT2D eigenvalue weighted by Crippen LogP contribution is -2.27. The average molecular weight is 259 g/mol. The zero-order chi connectivity index (χ0) is 14.0. The fourth-order valence-electron chi connectivity index (χ4n) is 2.42. The van der Waals surface area contributed by atoms with Gasteiger partial charge in [-0.3, -0.25) is 9.59 Å². The zero-order valence-corrected chi connectivity index (χ0v) is 11.9. The van der Waals surface area contributed by atoms with Crippen LogP contribution in [0.2, 0.25) is 0 Å².